The van der Waals surface area contributed by atoms with E-state index in [4.69, 9.17) is 9.84 Å². The molecule has 0 rings (SSSR count). The molecule has 0 amide bonds. The highest BCUT2D eigenvalue weighted by molar-refractivity contribution is 5.87. The van der Waals surface area contributed by atoms with Crippen LogP contribution < -0.4 is 0 Å². The Balaban J connectivity index is 3.71. The summed E-state index contributed by atoms with van der Waals surface area (Å²) in [5.74, 6) is -1.42. The average Bonchev–Trinajstić information content (AvgIpc) is 2.33. The molecular formula is C14H23NO4. The average molecular weight is 269 g/mol. The molecule has 0 aliphatic heterocycles. The molecule has 0 aliphatic rings. The van der Waals surface area contributed by atoms with Gasteiger partial charge in [0.15, 0.2) is 0 Å². The van der Waals surface area contributed by atoms with E-state index in [1.54, 1.807) is 0 Å². The van der Waals surface area contributed by atoms with Crippen LogP contribution in [0.15, 0.2) is 24.3 Å². The van der Waals surface area contributed by atoms with Crippen molar-refractivity contribution in [3.05, 3.63) is 24.3 Å². The van der Waals surface area contributed by atoms with Gasteiger partial charge in [0.1, 0.15) is 0 Å². The van der Waals surface area contributed by atoms with Crippen molar-refractivity contribution in [1.82, 2.24) is 4.90 Å². The zero-order valence-electron chi connectivity index (χ0n) is 11.8. The molecule has 0 bridgehead atoms. The summed E-state index contributed by atoms with van der Waals surface area (Å²) in [6, 6.07) is 0. The summed E-state index contributed by atoms with van der Waals surface area (Å²) in [4.78, 5) is 24.0. The number of hydrogen-bond acceptors (Lipinski definition) is 4. The van der Waals surface area contributed by atoms with Crippen LogP contribution in [0.1, 0.15) is 25.7 Å². The van der Waals surface area contributed by atoms with Gasteiger partial charge in [0.2, 0.25) is 0 Å². The molecule has 0 saturated carbocycles. The highest BCUT2D eigenvalue weighted by atomic mass is 16.5. The molecule has 0 aromatic carbocycles. The third kappa shape index (κ3) is 9.02. The Labute approximate surface area is 114 Å². The number of nitrogens with zero attached hydrogens (tertiary/aromatic N) is 1. The van der Waals surface area contributed by atoms with E-state index < -0.39 is 11.9 Å². The fourth-order valence-corrected chi connectivity index (χ4v) is 1.37. The van der Waals surface area contributed by atoms with Crippen LogP contribution in [-0.4, -0.2) is 49.2 Å². The monoisotopic (exact) mass is 269 g/mol. The van der Waals surface area contributed by atoms with Gasteiger partial charge in [-0.05, 0) is 46.3 Å². The maximum Gasteiger partial charge on any atom is 0.333 e. The second-order valence-corrected chi connectivity index (χ2v) is 4.66. The van der Waals surface area contributed by atoms with Crippen LogP contribution in [0.5, 0.6) is 0 Å². The molecule has 0 aliphatic carbocycles. The van der Waals surface area contributed by atoms with Crippen molar-refractivity contribution in [2.45, 2.75) is 25.7 Å². The van der Waals surface area contributed by atoms with Gasteiger partial charge in [-0.3, -0.25) is 0 Å². The van der Waals surface area contributed by atoms with E-state index in [1.165, 1.54) is 0 Å². The van der Waals surface area contributed by atoms with Crippen molar-refractivity contribution >= 4 is 11.9 Å². The number of carbonyl (C=O) groups is 2. The van der Waals surface area contributed by atoms with Crippen LogP contribution >= 0.6 is 0 Å². The first-order valence-corrected chi connectivity index (χ1v) is 6.25. The first-order chi connectivity index (χ1) is 8.84. The van der Waals surface area contributed by atoms with Crippen molar-refractivity contribution in [3.63, 3.8) is 0 Å². The first kappa shape index (κ1) is 17.4. The SMILES string of the molecule is C=C(CCCOC(=O)C(=C)CCCN(C)C)C(=O)O. The van der Waals surface area contributed by atoms with Gasteiger partial charge in [-0.2, -0.15) is 0 Å². The number of rotatable bonds is 10. The van der Waals surface area contributed by atoms with E-state index in [-0.39, 0.29) is 12.2 Å². The minimum absolute atomic E-state index is 0.126. The molecular weight excluding hydrogens is 246 g/mol. The molecule has 0 spiro atoms. The van der Waals surface area contributed by atoms with Crippen molar-refractivity contribution in [2.75, 3.05) is 27.2 Å². The molecule has 0 unspecified atom stereocenters. The quantitative estimate of drug-likeness (QED) is 0.372. The van der Waals surface area contributed by atoms with Crippen LogP contribution in [0.2, 0.25) is 0 Å². The molecule has 0 heterocycles. The summed E-state index contributed by atoms with van der Waals surface area (Å²) in [5, 5.41) is 8.60. The number of carboxylic acids is 1. The molecule has 0 saturated heterocycles. The number of carboxylic acid groups (broad SMARTS) is 1. The van der Waals surface area contributed by atoms with Crippen molar-refractivity contribution in [2.24, 2.45) is 0 Å². The third-order valence-electron chi connectivity index (χ3n) is 2.53. The van der Waals surface area contributed by atoms with Gasteiger partial charge >= 0.3 is 11.9 Å². The van der Waals surface area contributed by atoms with Crippen LogP contribution in [0.4, 0.5) is 0 Å². The van der Waals surface area contributed by atoms with Gasteiger partial charge in [-0.25, -0.2) is 9.59 Å². The Kier molecular flexibility index (Phi) is 8.53. The summed E-state index contributed by atoms with van der Waals surface area (Å²) >= 11 is 0. The minimum atomic E-state index is -1.01. The Hall–Kier alpha value is -1.62. The predicted molar refractivity (Wildman–Crippen MR) is 73.9 cm³/mol. The van der Waals surface area contributed by atoms with E-state index >= 15 is 0 Å². The van der Waals surface area contributed by atoms with Crippen molar-refractivity contribution in [1.29, 1.82) is 0 Å². The van der Waals surface area contributed by atoms with Crippen LogP contribution in [0.3, 0.4) is 0 Å². The smallest absolute Gasteiger partial charge is 0.333 e. The topological polar surface area (TPSA) is 66.8 Å². The lowest BCUT2D eigenvalue weighted by atomic mass is 10.1. The zero-order chi connectivity index (χ0) is 14.8. The lowest BCUT2D eigenvalue weighted by Gasteiger charge is -2.10. The number of carbonyl (C=O) groups excluding carboxylic acids is 1. The normalized spacial score (nSPS) is 10.3. The summed E-state index contributed by atoms with van der Waals surface area (Å²) < 4.78 is 5.01. The molecule has 0 radical (unpaired) electrons. The van der Waals surface area contributed by atoms with E-state index in [0.29, 0.717) is 24.8 Å². The molecule has 0 atom stereocenters. The number of esters is 1. The highest BCUT2D eigenvalue weighted by Crippen LogP contribution is 2.07. The van der Waals surface area contributed by atoms with E-state index in [1.807, 2.05) is 19.0 Å². The molecule has 0 aromatic rings. The fraction of sp³-hybridized carbons (Fsp3) is 0.571. The van der Waals surface area contributed by atoms with Gasteiger partial charge in [-0.15, -0.1) is 0 Å². The van der Waals surface area contributed by atoms with Gasteiger partial charge in [0, 0.05) is 11.1 Å². The number of hydrogen-bond donors (Lipinski definition) is 1. The minimum Gasteiger partial charge on any atom is -0.478 e. The molecule has 5 heteroatoms. The molecule has 19 heavy (non-hydrogen) atoms. The largest absolute Gasteiger partial charge is 0.478 e. The Morgan fingerprint density at radius 3 is 2.21 bits per heavy atom. The third-order valence-corrected chi connectivity index (χ3v) is 2.53. The molecule has 0 aromatic heterocycles. The van der Waals surface area contributed by atoms with Gasteiger partial charge < -0.3 is 14.7 Å². The Bertz CT molecular complexity index is 347. The molecule has 0 fully saturated rings. The summed E-state index contributed by atoms with van der Waals surface area (Å²) in [5.41, 5.74) is 0.583. The molecule has 5 nitrogen and oxygen atoms in total. The molecule has 108 valence electrons. The summed E-state index contributed by atoms with van der Waals surface area (Å²) in [6.45, 7) is 8.18. The van der Waals surface area contributed by atoms with E-state index in [9.17, 15) is 9.59 Å². The zero-order valence-corrected chi connectivity index (χ0v) is 11.8. The first-order valence-electron chi connectivity index (χ1n) is 6.25. The number of ether oxygens (including phenoxy) is 1. The second-order valence-electron chi connectivity index (χ2n) is 4.66. The second kappa shape index (κ2) is 9.33. The highest BCUT2D eigenvalue weighted by Gasteiger charge is 2.09. The van der Waals surface area contributed by atoms with Gasteiger partial charge in [-0.1, -0.05) is 13.2 Å². The maximum absolute atomic E-state index is 11.5. The maximum atomic E-state index is 11.5. The van der Waals surface area contributed by atoms with Crippen molar-refractivity contribution < 1.29 is 19.4 Å². The van der Waals surface area contributed by atoms with E-state index in [2.05, 4.69) is 13.2 Å². The van der Waals surface area contributed by atoms with Crippen LogP contribution in [0.25, 0.3) is 0 Å². The van der Waals surface area contributed by atoms with Crippen LogP contribution in [0, 0.1) is 0 Å². The number of aliphatic carboxylic acids is 1. The summed E-state index contributed by atoms with van der Waals surface area (Å²) in [6.07, 6.45) is 2.24. The molecule has 1 N–H and O–H groups in total. The summed E-state index contributed by atoms with van der Waals surface area (Å²) in [7, 11) is 3.94. The van der Waals surface area contributed by atoms with Gasteiger partial charge in [0.25, 0.3) is 0 Å². The lowest BCUT2D eigenvalue weighted by Crippen LogP contribution is -2.14. The fourth-order valence-electron chi connectivity index (χ4n) is 1.37. The van der Waals surface area contributed by atoms with E-state index in [0.717, 1.165) is 13.0 Å². The van der Waals surface area contributed by atoms with Crippen LogP contribution in [-0.2, 0) is 14.3 Å². The lowest BCUT2D eigenvalue weighted by molar-refractivity contribution is -0.139. The Morgan fingerprint density at radius 2 is 1.68 bits per heavy atom. The standard InChI is InChI=1S/C14H23NO4/c1-11(13(16)17)8-6-10-19-14(18)12(2)7-5-9-15(3)4/h1-2,5-10H2,3-4H3,(H,16,17). The van der Waals surface area contributed by atoms with Gasteiger partial charge in [0.05, 0.1) is 6.61 Å². The van der Waals surface area contributed by atoms with Crippen molar-refractivity contribution in [3.8, 4) is 0 Å². The Morgan fingerprint density at radius 1 is 1.11 bits per heavy atom. The predicted octanol–water partition coefficient (Wildman–Crippen LogP) is 1.85.